The number of ether oxygens (including phenoxy) is 2. The molecule has 5 nitrogen and oxygen atoms in total. The van der Waals surface area contributed by atoms with Crippen LogP contribution in [0.25, 0.3) is 0 Å². The Bertz CT molecular complexity index is 518. The molecule has 0 aliphatic carbocycles. The van der Waals surface area contributed by atoms with Gasteiger partial charge in [0, 0.05) is 12.1 Å². The molecule has 0 radical (unpaired) electrons. The summed E-state index contributed by atoms with van der Waals surface area (Å²) < 4.78 is 10.1. The molecule has 0 saturated carbocycles. The minimum Gasteiger partial charge on any atom is -0.479 e. The van der Waals surface area contributed by atoms with Crippen molar-refractivity contribution in [1.29, 1.82) is 0 Å². The number of halogens is 1. The van der Waals surface area contributed by atoms with Crippen molar-refractivity contribution in [3.8, 4) is 5.75 Å². The quantitative estimate of drug-likeness (QED) is 0.645. The summed E-state index contributed by atoms with van der Waals surface area (Å²) in [4.78, 5) is 22.9. The zero-order valence-electron chi connectivity index (χ0n) is 12.5. The van der Waals surface area contributed by atoms with E-state index >= 15 is 0 Å². The van der Waals surface area contributed by atoms with E-state index in [1.165, 1.54) is 7.11 Å². The third-order valence-corrected chi connectivity index (χ3v) is 3.75. The summed E-state index contributed by atoms with van der Waals surface area (Å²) in [6.45, 7) is 5.25. The minimum atomic E-state index is -1.10. The van der Waals surface area contributed by atoms with Crippen LogP contribution in [0.5, 0.6) is 5.75 Å². The van der Waals surface area contributed by atoms with Crippen LogP contribution in [0.4, 0.5) is 0 Å². The van der Waals surface area contributed by atoms with Crippen LogP contribution in [0.1, 0.15) is 24.5 Å². The first-order valence-corrected chi connectivity index (χ1v) is 6.88. The molecule has 2 atom stereocenters. The highest BCUT2D eigenvalue weighted by Gasteiger charge is 2.25. The zero-order chi connectivity index (χ0) is 16.2. The lowest BCUT2D eigenvalue weighted by molar-refractivity contribution is -0.151. The number of hydrogen-bond donors (Lipinski definition) is 1. The molecular weight excluding hydrogens is 296 g/mol. The highest BCUT2D eigenvalue weighted by molar-refractivity contribution is 6.32. The normalized spacial score (nSPS) is 13.6. The number of carboxylic acids is 1. The molecule has 0 bridgehead atoms. The first-order valence-electron chi connectivity index (χ1n) is 6.50. The van der Waals surface area contributed by atoms with Gasteiger partial charge in [0.05, 0.1) is 5.92 Å². The van der Waals surface area contributed by atoms with Gasteiger partial charge in [0.2, 0.25) is 0 Å². The molecule has 21 heavy (non-hydrogen) atoms. The molecule has 0 aliphatic rings. The topological polar surface area (TPSA) is 72.8 Å². The highest BCUT2D eigenvalue weighted by atomic mass is 35.5. The lowest BCUT2D eigenvalue weighted by Gasteiger charge is -2.16. The van der Waals surface area contributed by atoms with Gasteiger partial charge in [0.1, 0.15) is 5.75 Å². The molecule has 1 aromatic carbocycles. The van der Waals surface area contributed by atoms with Crippen molar-refractivity contribution >= 4 is 23.5 Å². The predicted octanol–water partition coefficient (Wildman–Crippen LogP) is 2.99. The molecule has 0 amide bonds. The maximum absolute atomic E-state index is 12.0. The van der Waals surface area contributed by atoms with Crippen LogP contribution in [0.2, 0.25) is 5.02 Å². The summed E-state index contributed by atoms with van der Waals surface area (Å²) in [5.74, 6) is -1.80. The fourth-order valence-electron chi connectivity index (χ4n) is 1.90. The predicted molar refractivity (Wildman–Crippen MR) is 78.8 cm³/mol. The summed E-state index contributed by atoms with van der Waals surface area (Å²) in [7, 11) is 1.29. The van der Waals surface area contributed by atoms with Crippen molar-refractivity contribution in [1.82, 2.24) is 0 Å². The van der Waals surface area contributed by atoms with Crippen LogP contribution in [0.3, 0.4) is 0 Å². The largest absolute Gasteiger partial charge is 0.479 e. The molecule has 0 aromatic heterocycles. The fraction of sp³-hybridized carbons (Fsp3) is 0.467. The molecular formula is C15H19ClO5. The molecule has 0 aliphatic heterocycles. The Morgan fingerprint density at radius 3 is 2.24 bits per heavy atom. The van der Waals surface area contributed by atoms with Crippen molar-refractivity contribution < 1.29 is 24.2 Å². The molecule has 1 rings (SSSR count). The van der Waals surface area contributed by atoms with E-state index in [-0.39, 0.29) is 6.42 Å². The maximum Gasteiger partial charge on any atom is 0.332 e. The summed E-state index contributed by atoms with van der Waals surface area (Å²) in [6, 6.07) is 3.34. The Balaban J connectivity index is 2.74. The standard InChI is InChI=1S/C15H19ClO5/c1-8-5-11(6-9(2)13(8)16)21-15(19)10(3)7-12(20-4)14(17)18/h5-6,10,12H,7H2,1-4H3,(H,17,18)/t10-,12+/m1/s1. The smallest absolute Gasteiger partial charge is 0.332 e. The second-order valence-corrected chi connectivity index (χ2v) is 5.37. The Morgan fingerprint density at radius 1 is 1.29 bits per heavy atom. The Hall–Kier alpha value is -1.59. The lowest BCUT2D eigenvalue weighted by Crippen LogP contribution is -2.29. The van der Waals surface area contributed by atoms with E-state index in [1.54, 1.807) is 19.1 Å². The average molecular weight is 315 g/mol. The third kappa shape index (κ3) is 4.72. The van der Waals surface area contributed by atoms with Crippen LogP contribution >= 0.6 is 11.6 Å². The van der Waals surface area contributed by atoms with E-state index < -0.39 is 24.0 Å². The van der Waals surface area contributed by atoms with E-state index in [9.17, 15) is 9.59 Å². The number of rotatable bonds is 6. The van der Waals surface area contributed by atoms with E-state index in [0.29, 0.717) is 10.8 Å². The molecule has 0 heterocycles. The first kappa shape index (κ1) is 17.5. The van der Waals surface area contributed by atoms with E-state index in [1.807, 2.05) is 13.8 Å². The number of methoxy groups -OCH3 is 1. The van der Waals surface area contributed by atoms with Gasteiger partial charge >= 0.3 is 11.9 Å². The van der Waals surface area contributed by atoms with E-state index in [4.69, 9.17) is 26.2 Å². The van der Waals surface area contributed by atoms with Crippen LogP contribution in [-0.2, 0) is 14.3 Å². The Labute approximate surface area is 128 Å². The van der Waals surface area contributed by atoms with Gasteiger partial charge in [-0.1, -0.05) is 18.5 Å². The Morgan fingerprint density at radius 2 is 1.81 bits per heavy atom. The third-order valence-electron chi connectivity index (χ3n) is 3.16. The van der Waals surface area contributed by atoms with E-state index in [2.05, 4.69) is 0 Å². The molecule has 0 spiro atoms. The number of carbonyl (C=O) groups is 2. The summed E-state index contributed by atoms with van der Waals surface area (Å²) in [5.41, 5.74) is 1.62. The lowest BCUT2D eigenvalue weighted by atomic mass is 10.0. The fourth-order valence-corrected chi connectivity index (χ4v) is 2.01. The number of carboxylic acid groups (broad SMARTS) is 1. The molecule has 1 N–H and O–H groups in total. The highest BCUT2D eigenvalue weighted by Crippen LogP contribution is 2.26. The molecule has 0 saturated heterocycles. The summed E-state index contributed by atoms with van der Waals surface area (Å²) in [5, 5.41) is 9.54. The SMILES string of the molecule is CO[C@@H](C[C@@H](C)C(=O)Oc1cc(C)c(Cl)c(C)c1)C(=O)O. The molecule has 0 unspecified atom stereocenters. The van der Waals surface area contributed by atoms with Gasteiger partial charge in [-0.2, -0.15) is 0 Å². The van der Waals surface area contributed by atoms with Crippen molar-refractivity contribution in [2.24, 2.45) is 5.92 Å². The molecule has 0 fully saturated rings. The van der Waals surface area contributed by atoms with Gasteiger partial charge in [-0.25, -0.2) is 4.79 Å². The zero-order valence-corrected chi connectivity index (χ0v) is 13.2. The summed E-state index contributed by atoms with van der Waals surface area (Å²) >= 11 is 6.05. The van der Waals surface area contributed by atoms with Gasteiger partial charge in [-0.05, 0) is 43.5 Å². The number of esters is 1. The number of aliphatic carboxylic acids is 1. The number of carbonyl (C=O) groups excluding carboxylic acids is 1. The van der Waals surface area contributed by atoms with Crippen molar-refractivity contribution in [3.05, 3.63) is 28.3 Å². The van der Waals surface area contributed by atoms with Crippen molar-refractivity contribution in [2.75, 3.05) is 7.11 Å². The van der Waals surface area contributed by atoms with Crippen LogP contribution < -0.4 is 4.74 Å². The Kier molecular flexibility index (Phi) is 6.18. The second kappa shape index (κ2) is 7.43. The maximum atomic E-state index is 12.0. The first-order chi connectivity index (χ1) is 9.76. The van der Waals surface area contributed by atoms with Crippen LogP contribution in [0.15, 0.2) is 12.1 Å². The monoisotopic (exact) mass is 314 g/mol. The van der Waals surface area contributed by atoms with Gasteiger partial charge < -0.3 is 14.6 Å². The van der Waals surface area contributed by atoms with Crippen molar-refractivity contribution in [3.63, 3.8) is 0 Å². The van der Waals surface area contributed by atoms with Crippen LogP contribution in [-0.4, -0.2) is 30.3 Å². The average Bonchev–Trinajstić information content (AvgIpc) is 2.41. The summed E-state index contributed by atoms with van der Waals surface area (Å²) in [6.07, 6.45) is -0.975. The van der Waals surface area contributed by atoms with Gasteiger partial charge in [0.25, 0.3) is 0 Å². The van der Waals surface area contributed by atoms with Gasteiger partial charge in [0.15, 0.2) is 6.10 Å². The van der Waals surface area contributed by atoms with E-state index in [0.717, 1.165) is 11.1 Å². The minimum absolute atomic E-state index is 0.0518. The number of hydrogen-bond acceptors (Lipinski definition) is 4. The van der Waals surface area contributed by atoms with Crippen molar-refractivity contribution in [2.45, 2.75) is 33.3 Å². The number of aryl methyl sites for hydroxylation is 2. The second-order valence-electron chi connectivity index (χ2n) is 4.99. The molecule has 6 heteroatoms. The molecule has 116 valence electrons. The van der Waals surface area contributed by atoms with Crippen LogP contribution in [0, 0.1) is 19.8 Å². The number of benzene rings is 1. The van der Waals surface area contributed by atoms with Gasteiger partial charge in [-0.3, -0.25) is 4.79 Å². The molecule has 1 aromatic rings. The van der Waals surface area contributed by atoms with Gasteiger partial charge in [-0.15, -0.1) is 0 Å².